The Morgan fingerprint density at radius 1 is 1.36 bits per heavy atom. The summed E-state index contributed by atoms with van der Waals surface area (Å²) >= 11 is 0. The topological polar surface area (TPSA) is 29.1 Å². The van der Waals surface area contributed by atoms with Gasteiger partial charge >= 0.3 is 0 Å². The van der Waals surface area contributed by atoms with Crippen LogP contribution in [-0.2, 0) is 4.79 Å². The van der Waals surface area contributed by atoms with Crippen LogP contribution in [0.1, 0.15) is 31.4 Å². The molecular weight excluding hydrogens is 174 g/mol. The lowest BCUT2D eigenvalue weighted by Gasteiger charge is -2.17. The number of carbonyl (C=O) groups excluding carboxylic acids is 1. The molecule has 0 saturated heterocycles. The van der Waals surface area contributed by atoms with Crippen LogP contribution in [0.2, 0.25) is 0 Å². The molecule has 2 nitrogen and oxygen atoms in total. The summed E-state index contributed by atoms with van der Waals surface area (Å²) in [4.78, 5) is 11.0. The number of nitrogens with one attached hydrogen (secondary N) is 1. The van der Waals surface area contributed by atoms with Gasteiger partial charge in [-0.05, 0) is 24.3 Å². The second-order valence-corrected chi connectivity index (χ2v) is 3.93. The maximum atomic E-state index is 11.0. The van der Waals surface area contributed by atoms with Gasteiger partial charge in [-0.1, -0.05) is 30.3 Å². The van der Waals surface area contributed by atoms with Gasteiger partial charge < -0.3 is 5.32 Å². The van der Waals surface area contributed by atoms with Gasteiger partial charge in [-0.2, -0.15) is 0 Å². The standard InChI is InChI=1S/C12H15NO/c1-9(14)13-12(11-7-8-11)10-5-3-2-4-6-10/h2-6,11-12H,7-8H2,1H3,(H,13,14). The summed E-state index contributed by atoms with van der Waals surface area (Å²) in [7, 11) is 0. The van der Waals surface area contributed by atoms with Crippen LogP contribution in [0.15, 0.2) is 30.3 Å². The van der Waals surface area contributed by atoms with Crippen molar-refractivity contribution in [2.24, 2.45) is 5.92 Å². The van der Waals surface area contributed by atoms with Crippen molar-refractivity contribution in [2.75, 3.05) is 0 Å². The van der Waals surface area contributed by atoms with E-state index < -0.39 is 0 Å². The van der Waals surface area contributed by atoms with Crippen molar-refractivity contribution in [3.05, 3.63) is 35.9 Å². The fraction of sp³-hybridized carbons (Fsp3) is 0.417. The monoisotopic (exact) mass is 189 g/mol. The minimum absolute atomic E-state index is 0.0609. The van der Waals surface area contributed by atoms with Gasteiger partial charge in [0.15, 0.2) is 0 Å². The molecule has 1 saturated carbocycles. The second kappa shape index (κ2) is 3.82. The summed E-state index contributed by atoms with van der Waals surface area (Å²) in [5, 5.41) is 3.02. The highest BCUT2D eigenvalue weighted by Gasteiger charge is 2.32. The molecule has 74 valence electrons. The molecule has 2 rings (SSSR count). The Bertz CT molecular complexity index is 316. The third-order valence-electron chi connectivity index (χ3n) is 2.61. The van der Waals surface area contributed by atoms with Gasteiger partial charge in [-0.3, -0.25) is 4.79 Å². The normalized spacial score (nSPS) is 17.5. The molecule has 1 amide bonds. The Morgan fingerprint density at radius 2 is 2.00 bits per heavy atom. The van der Waals surface area contributed by atoms with Gasteiger partial charge in [-0.25, -0.2) is 0 Å². The number of hydrogen-bond acceptors (Lipinski definition) is 1. The van der Waals surface area contributed by atoms with E-state index in [1.54, 1.807) is 6.92 Å². The third-order valence-corrected chi connectivity index (χ3v) is 2.61. The molecule has 0 bridgehead atoms. The summed E-state index contributed by atoms with van der Waals surface area (Å²) in [6.07, 6.45) is 2.47. The first-order chi connectivity index (χ1) is 6.77. The first kappa shape index (κ1) is 9.25. The Kier molecular flexibility index (Phi) is 2.53. The average Bonchev–Trinajstić information content (AvgIpc) is 2.99. The zero-order valence-corrected chi connectivity index (χ0v) is 8.36. The molecule has 1 N–H and O–H groups in total. The molecule has 1 atom stereocenters. The Labute approximate surface area is 84.3 Å². The van der Waals surface area contributed by atoms with Crippen molar-refractivity contribution in [1.29, 1.82) is 0 Å². The highest BCUT2D eigenvalue weighted by atomic mass is 16.1. The van der Waals surface area contributed by atoms with Crippen LogP contribution < -0.4 is 5.32 Å². The zero-order chi connectivity index (χ0) is 9.97. The molecule has 1 aliphatic carbocycles. The summed E-state index contributed by atoms with van der Waals surface area (Å²) in [6, 6.07) is 10.4. The minimum atomic E-state index is 0.0609. The SMILES string of the molecule is CC(=O)NC(c1ccccc1)C1CC1. The van der Waals surface area contributed by atoms with Gasteiger partial charge in [0.1, 0.15) is 0 Å². The van der Waals surface area contributed by atoms with Crippen LogP contribution in [0.3, 0.4) is 0 Å². The molecule has 0 aliphatic heterocycles. The van der Waals surface area contributed by atoms with E-state index in [2.05, 4.69) is 17.4 Å². The maximum Gasteiger partial charge on any atom is 0.217 e. The number of amides is 1. The van der Waals surface area contributed by atoms with Crippen molar-refractivity contribution in [3.8, 4) is 0 Å². The van der Waals surface area contributed by atoms with E-state index >= 15 is 0 Å². The molecule has 1 fully saturated rings. The number of carbonyl (C=O) groups is 1. The lowest BCUT2D eigenvalue weighted by Crippen LogP contribution is -2.27. The van der Waals surface area contributed by atoms with Crippen molar-refractivity contribution in [1.82, 2.24) is 5.32 Å². The maximum absolute atomic E-state index is 11.0. The first-order valence-electron chi connectivity index (χ1n) is 5.09. The van der Waals surface area contributed by atoms with Gasteiger partial charge in [0.2, 0.25) is 5.91 Å². The predicted molar refractivity (Wildman–Crippen MR) is 55.7 cm³/mol. The van der Waals surface area contributed by atoms with E-state index in [4.69, 9.17) is 0 Å². The van der Waals surface area contributed by atoms with E-state index in [-0.39, 0.29) is 11.9 Å². The fourth-order valence-corrected chi connectivity index (χ4v) is 1.78. The van der Waals surface area contributed by atoms with E-state index in [0.717, 1.165) is 0 Å². The summed E-state index contributed by atoms with van der Waals surface area (Å²) in [5.41, 5.74) is 1.23. The highest BCUT2D eigenvalue weighted by molar-refractivity contribution is 5.73. The van der Waals surface area contributed by atoms with Gasteiger partial charge in [-0.15, -0.1) is 0 Å². The van der Waals surface area contributed by atoms with Gasteiger partial charge in [0.05, 0.1) is 6.04 Å². The Balaban J connectivity index is 2.14. The van der Waals surface area contributed by atoms with Gasteiger partial charge in [0, 0.05) is 6.92 Å². The zero-order valence-electron chi connectivity index (χ0n) is 8.36. The molecule has 0 aromatic heterocycles. The smallest absolute Gasteiger partial charge is 0.217 e. The number of rotatable bonds is 3. The molecule has 14 heavy (non-hydrogen) atoms. The predicted octanol–water partition coefficient (Wildman–Crippen LogP) is 2.27. The summed E-state index contributed by atoms with van der Waals surface area (Å²) in [6.45, 7) is 1.58. The average molecular weight is 189 g/mol. The van der Waals surface area contributed by atoms with Crippen LogP contribution >= 0.6 is 0 Å². The summed E-state index contributed by atoms with van der Waals surface area (Å²) < 4.78 is 0. The van der Waals surface area contributed by atoms with E-state index in [9.17, 15) is 4.79 Å². The quantitative estimate of drug-likeness (QED) is 0.776. The van der Waals surface area contributed by atoms with Crippen LogP contribution in [0.25, 0.3) is 0 Å². The number of benzene rings is 1. The fourth-order valence-electron chi connectivity index (χ4n) is 1.78. The number of hydrogen-bond donors (Lipinski definition) is 1. The first-order valence-corrected chi connectivity index (χ1v) is 5.09. The second-order valence-electron chi connectivity index (χ2n) is 3.93. The van der Waals surface area contributed by atoms with E-state index in [1.807, 2.05) is 18.2 Å². The molecule has 1 aromatic rings. The van der Waals surface area contributed by atoms with Crippen LogP contribution in [0.4, 0.5) is 0 Å². The van der Waals surface area contributed by atoms with E-state index in [1.165, 1.54) is 18.4 Å². The van der Waals surface area contributed by atoms with Crippen LogP contribution in [0, 0.1) is 5.92 Å². The molecule has 1 aliphatic rings. The van der Waals surface area contributed by atoms with Crippen molar-refractivity contribution in [3.63, 3.8) is 0 Å². The molecular formula is C12H15NO. The van der Waals surface area contributed by atoms with Gasteiger partial charge in [0.25, 0.3) is 0 Å². The van der Waals surface area contributed by atoms with Crippen molar-refractivity contribution in [2.45, 2.75) is 25.8 Å². The lowest BCUT2D eigenvalue weighted by molar-refractivity contribution is -0.119. The Morgan fingerprint density at radius 3 is 2.50 bits per heavy atom. The molecule has 0 heterocycles. The molecule has 0 spiro atoms. The summed E-state index contributed by atoms with van der Waals surface area (Å²) in [5.74, 6) is 0.715. The third kappa shape index (κ3) is 2.13. The van der Waals surface area contributed by atoms with E-state index in [0.29, 0.717) is 5.92 Å². The minimum Gasteiger partial charge on any atom is -0.349 e. The molecule has 1 aromatic carbocycles. The highest BCUT2D eigenvalue weighted by Crippen LogP contribution is 2.40. The Hall–Kier alpha value is -1.31. The lowest BCUT2D eigenvalue weighted by atomic mass is 10.0. The largest absolute Gasteiger partial charge is 0.349 e. The molecule has 0 radical (unpaired) electrons. The van der Waals surface area contributed by atoms with Crippen molar-refractivity contribution < 1.29 is 4.79 Å². The molecule has 1 unspecified atom stereocenters. The van der Waals surface area contributed by atoms with Crippen LogP contribution in [0.5, 0.6) is 0 Å². The molecule has 2 heteroatoms. The van der Waals surface area contributed by atoms with Crippen molar-refractivity contribution >= 4 is 5.91 Å². The van der Waals surface area contributed by atoms with Crippen LogP contribution in [-0.4, -0.2) is 5.91 Å².